The van der Waals surface area contributed by atoms with E-state index in [0.29, 0.717) is 17.2 Å². The van der Waals surface area contributed by atoms with Crippen molar-refractivity contribution in [1.82, 2.24) is 14.5 Å². The summed E-state index contributed by atoms with van der Waals surface area (Å²) in [4.78, 5) is 9.14. The molecule has 0 unspecified atom stereocenters. The molecule has 5 heteroatoms. The topological polar surface area (TPSA) is 63.0 Å². The zero-order chi connectivity index (χ0) is 18.8. The highest BCUT2D eigenvalue weighted by molar-refractivity contribution is 5.90. The number of benzene rings is 2. The molecule has 0 saturated heterocycles. The van der Waals surface area contributed by atoms with Crippen molar-refractivity contribution < 1.29 is 5.11 Å². The average Bonchev–Trinajstić information content (AvgIpc) is 3.11. The number of anilines is 1. The summed E-state index contributed by atoms with van der Waals surface area (Å²) in [5.41, 5.74) is 4.53. The standard InChI is InChI=1S/C22H22N4O/c1-3-23-22-24-14-18(21(25-22)17-7-5-6-8-20(17)27)15-9-10-19-16(13-15)11-12-26(19)4-2/h5-14,27H,3-4H2,1-2H3,(H,23,24,25). The van der Waals surface area contributed by atoms with Crippen molar-refractivity contribution in [2.75, 3.05) is 11.9 Å². The fourth-order valence-corrected chi connectivity index (χ4v) is 3.36. The summed E-state index contributed by atoms with van der Waals surface area (Å²) in [6.07, 6.45) is 3.92. The predicted octanol–water partition coefficient (Wildman–Crippen LogP) is 4.92. The lowest BCUT2D eigenvalue weighted by Gasteiger charge is -2.13. The third-order valence-corrected chi connectivity index (χ3v) is 4.71. The van der Waals surface area contributed by atoms with Gasteiger partial charge in [-0.1, -0.05) is 18.2 Å². The Kier molecular flexibility index (Phi) is 4.50. The number of fused-ring (bicyclic) bond motifs is 1. The minimum Gasteiger partial charge on any atom is -0.507 e. The molecule has 5 nitrogen and oxygen atoms in total. The van der Waals surface area contributed by atoms with Crippen molar-refractivity contribution in [3.8, 4) is 28.1 Å². The van der Waals surface area contributed by atoms with E-state index in [9.17, 15) is 5.11 Å². The molecule has 0 saturated carbocycles. The van der Waals surface area contributed by atoms with Crippen LogP contribution in [0.25, 0.3) is 33.3 Å². The Hall–Kier alpha value is -3.34. The molecule has 0 spiro atoms. The zero-order valence-corrected chi connectivity index (χ0v) is 15.5. The number of aryl methyl sites for hydroxylation is 1. The van der Waals surface area contributed by atoms with E-state index in [1.807, 2.05) is 31.3 Å². The van der Waals surface area contributed by atoms with Crippen LogP contribution in [0.3, 0.4) is 0 Å². The van der Waals surface area contributed by atoms with Crippen LogP contribution in [0.5, 0.6) is 5.75 Å². The van der Waals surface area contributed by atoms with Gasteiger partial charge >= 0.3 is 0 Å². The number of aromatic nitrogens is 3. The number of nitrogens with one attached hydrogen (secondary N) is 1. The molecule has 4 aromatic rings. The van der Waals surface area contributed by atoms with E-state index >= 15 is 0 Å². The fraction of sp³-hybridized carbons (Fsp3) is 0.182. The van der Waals surface area contributed by atoms with Gasteiger partial charge in [-0.25, -0.2) is 9.97 Å². The molecule has 0 aliphatic carbocycles. The van der Waals surface area contributed by atoms with Crippen molar-refractivity contribution in [3.05, 3.63) is 60.9 Å². The molecule has 2 aromatic carbocycles. The summed E-state index contributed by atoms with van der Waals surface area (Å²) in [6, 6.07) is 15.8. The van der Waals surface area contributed by atoms with Crippen LogP contribution in [0.4, 0.5) is 5.95 Å². The van der Waals surface area contributed by atoms with Crippen molar-refractivity contribution >= 4 is 16.9 Å². The van der Waals surface area contributed by atoms with Crippen LogP contribution in [0, 0.1) is 0 Å². The maximum Gasteiger partial charge on any atom is 0.223 e. The van der Waals surface area contributed by atoms with Gasteiger partial charge in [-0.05, 0) is 49.7 Å². The molecule has 2 aromatic heterocycles. The summed E-state index contributed by atoms with van der Waals surface area (Å²) in [7, 11) is 0. The maximum atomic E-state index is 10.4. The zero-order valence-electron chi connectivity index (χ0n) is 15.5. The summed E-state index contributed by atoms with van der Waals surface area (Å²) in [6.45, 7) is 5.81. The molecule has 2 heterocycles. The predicted molar refractivity (Wildman–Crippen MR) is 110 cm³/mol. The minimum absolute atomic E-state index is 0.207. The van der Waals surface area contributed by atoms with Crippen molar-refractivity contribution in [2.24, 2.45) is 0 Å². The molecule has 0 aliphatic heterocycles. The lowest BCUT2D eigenvalue weighted by atomic mass is 9.99. The number of phenolic OH excluding ortho intramolecular Hbond substituents is 1. The quantitative estimate of drug-likeness (QED) is 0.531. The summed E-state index contributed by atoms with van der Waals surface area (Å²) in [5.74, 6) is 0.760. The van der Waals surface area contributed by atoms with Gasteiger partial charge in [0.1, 0.15) is 5.75 Å². The summed E-state index contributed by atoms with van der Waals surface area (Å²) < 4.78 is 2.22. The van der Waals surface area contributed by atoms with Crippen LogP contribution in [-0.4, -0.2) is 26.2 Å². The number of aromatic hydroxyl groups is 1. The van der Waals surface area contributed by atoms with E-state index in [4.69, 9.17) is 0 Å². The highest BCUT2D eigenvalue weighted by atomic mass is 16.3. The smallest absolute Gasteiger partial charge is 0.223 e. The third kappa shape index (κ3) is 3.12. The van der Waals surface area contributed by atoms with E-state index in [-0.39, 0.29) is 5.75 Å². The van der Waals surface area contributed by atoms with Crippen LogP contribution < -0.4 is 5.32 Å². The highest BCUT2D eigenvalue weighted by Crippen LogP contribution is 2.36. The van der Waals surface area contributed by atoms with Crippen LogP contribution in [0.15, 0.2) is 60.9 Å². The number of rotatable bonds is 5. The fourth-order valence-electron chi connectivity index (χ4n) is 3.36. The SMILES string of the molecule is CCNc1ncc(-c2ccc3c(ccn3CC)c2)c(-c2ccccc2O)n1. The second kappa shape index (κ2) is 7.11. The Labute approximate surface area is 158 Å². The van der Waals surface area contributed by atoms with Crippen LogP contribution in [0.1, 0.15) is 13.8 Å². The first-order chi connectivity index (χ1) is 13.2. The molecule has 2 N–H and O–H groups in total. The highest BCUT2D eigenvalue weighted by Gasteiger charge is 2.15. The van der Waals surface area contributed by atoms with Crippen LogP contribution in [-0.2, 0) is 6.54 Å². The number of hydrogen-bond acceptors (Lipinski definition) is 4. The Balaban J connectivity index is 1.90. The van der Waals surface area contributed by atoms with Gasteiger partial charge in [-0.2, -0.15) is 0 Å². The number of hydrogen-bond donors (Lipinski definition) is 2. The molecule has 0 aliphatic rings. The molecular formula is C22H22N4O. The Bertz CT molecular complexity index is 1100. The molecule has 136 valence electrons. The summed E-state index contributed by atoms with van der Waals surface area (Å²) >= 11 is 0. The van der Waals surface area contributed by atoms with Crippen LogP contribution >= 0.6 is 0 Å². The minimum atomic E-state index is 0.207. The first-order valence-electron chi connectivity index (χ1n) is 9.19. The molecule has 0 radical (unpaired) electrons. The molecule has 0 fully saturated rings. The van der Waals surface area contributed by atoms with E-state index in [0.717, 1.165) is 24.2 Å². The molecule has 27 heavy (non-hydrogen) atoms. The molecule has 4 rings (SSSR count). The van der Waals surface area contributed by atoms with Crippen molar-refractivity contribution in [3.63, 3.8) is 0 Å². The first-order valence-corrected chi connectivity index (χ1v) is 9.19. The van der Waals surface area contributed by atoms with E-state index in [2.05, 4.69) is 57.2 Å². The van der Waals surface area contributed by atoms with E-state index in [1.165, 1.54) is 10.9 Å². The van der Waals surface area contributed by atoms with Crippen molar-refractivity contribution in [2.45, 2.75) is 20.4 Å². The normalized spacial score (nSPS) is 11.0. The molecule has 0 bridgehead atoms. The number of phenols is 1. The lowest BCUT2D eigenvalue weighted by molar-refractivity contribution is 0.477. The second-order valence-corrected chi connectivity index (χ2v) is 6.38. The first kappa shape index (κ1) is 17.1. The Morgan fingerprint density at radius 1 is 1.04 bits per heavy atom. The van der Waals surface area contributed by atoms with Gasteiger partial charge in [-0.3, -0.25) is 0 Å². The van der Waals surface area contributed by atoms with Gasteiger partial charge in [0.15, 0.2) is 0 Å². The second-order valence-electron chi connectivity index (χ2n) is 6.38. The Morgan fingerprint density at radius 2 is 1.89 bits per heavy atom. The van der Waals surface area contributed by atoms with Gasteiger partial charge < -0.3 is 15.0 Å². The molecule has 0 amide bonds. The van der Waals surface area contributed by atoms with E-state index in [1.54, 1.807) is 6.07 Å². The number of nitrogens with zero attached hydrogens (tertiary/aromatic N) is 3. The van der Waals surface area contributed by atoms with Gasteiger partial charge in [-0.15, -0.1) is 0 Å². The van der Waals surface area contributed by atoms with Gasteiger partial charge in [0.05, 0.1) is 5.69 Å². The third-order valence-electron chi connectivity index (χ3n) is 4.71. The van der Waals surface area contributed by atoms with Gasteiger partial charge in [0.25, 0.3) is 0 Å². The Morgan fingerprint density at radius 3 is 2.67 bits per heavy atom. The van der Waals surface area contributed by atoms with Gasteiger partial charge in [0.2, 0.25) is 5.95 Å². The van der Waals surface area contributed by atoms with E-state index < -0.39 is 0 Å². The van der Waals surface area contributed by atoms with Crippen molar-refractivity contribution in [1.29, 1.82) is 0 Å². The summed E-state index contributed by atoms with van der Waals surface area (Å²) in [5, 5.41) is 14.7. The molecule has 0 atom stereocenters. The number of para-hydroxylation sites is 1. The van der Waals surface area contributed by atoms with Crippen LogP contribution in [0.2, 0.25) is 0 Å². The lowest BCUT2D eigenvalue weighted by Crippen LogP contribution is -2.03. The maximum absolute atomic E-state index is 10.4. The van der Waals surface area contributed by atoms with Gasteiger partial charge in [0, 0.05) is 47.5 Å². The monoisotopic (exact) mass is 358 g/mol. The average molecular weight is 358 g/mol. The largest absolute Gasteiger partial charge is 0.507 e. The molecular weight excluding hydrogens is 336 g/mol.